The van der Waals surface area contributed by atoms with Crippen molar-refractivity contribution in [1.82, 2.24) is 10.6 Å². The zero-order valence-corrected chi connectivity index (χ0v) is 17.2. The summed E-state index contributed by atoms with van der Waals surface area (Å²) in [6, 6.07) is 2.72. The standard InChI is InChI=1S/C20H26N2O7/c1-12(18(24)21-19(25)22-20(2,3)4)29-16(23)7-6-13-10-14(26-5)17-15(11-13)27-8-9-28-17/h6-7,10-12H,8-9H2,1-5H3,(H2,21,22,24,25)/b7-6+/t12-/m1/s1. The molecule has 1 aliphatic rings. The average molecular weight is 406 g/mol. The van der Waals surface area contributed by atoms with E-state index in [1.807, 2.05) is 0 Å². The largest absolute Gasteiger partial charge is 0.493 e. The molecule has 0 bridgehead atoms. The Bertz CT molecular complexity index is 795. The van der Waals surface area contributed by atoms with Crippen LogP contribution in [-0.4, -0.2) is 49.9 Å². The van der Waals surface area contributed by atoms with Crippen LogP contribution in [0, 0.1) is 0 Å². The van der Waals surface area contributed by atoms with Crippen molar-refractivity contribution in [2.24, 2.45) is 0 Å². The van der Waals surface area contributed by atoms with Crippen molar-refractivity contribution < 1.29 is 33.3 Å². The van der Waals surface area contributed by atoms with Crippen LogP contribution < -0.4 is 24.8 Å². The van der Waals surface area contributed by atoms with Crippen LogP contribution in [0.5, 0.6) is 17.2 Å². The number of fused-ring (bicyclic) bond motifs is 1. The Kier molecular flexibility index (Phi) is 7.08. The maximum atomic E-state index is 12.0. The minimum Gasteiger partial charge on any atom is -0.493 e. The van der Waals surface area contributed by atoms with Gasteiger partial charge >= 0.3 is 12.0 Å². The molecule has 1 aromatic rings. The first-order valence-electron chi connectivity index (χ1n) is 9.08. The van der Waals surface area contributed by atoms with E-state index in [2.05, 4.69) is 10.6 Å². The Morgan fingerprint density at radius 1 is 1.17 bits per heavy atom. The lowest BCUT2D eigenvalue weighted by atomic mass is 10.1. The molecule has 2 N–H and O–H groups in total. The van der Waals surface area contributed by atoms with Crippen LogP contribution in [0.2, 0.25) is 0 Å². The third-order valence-corrected chi connectivity index (χ3v) is 3.65. The highest BCUT2D eigenvalue weighted by molar-refractivity contribution is 5.98. The minimum absolute atomic E-state index is 0.417. The van der Waals surface area contributed by atoms with Crippen molar-refractivity contribution in [1.29, 1.82) is 0 Å². The molecule has 1 heterocycles. The van der Waals surface area contributed by atoms with Gasteiger partial charge in [-0.25, -0.2) is 9.59 Å². The summed E-state index contributed by atoms with van der Waals surface area (Å²) in [5, 5.41) is 4.71. The monoisotopic (exact) mass is 406 g/mol. The van der Waals surface area contributed by atoms with Gasteiger partial charge in [-0.1, -0.05) is 0 Å². The molecular weight excluding hydrogens is 380 g/mol. The molecule has 2 rings (SSSR count). The number of amides is 3. The Labute approximate surface area is 169 Å². The molecule has 9 nitrogen and oxygen atoms in total. The number of imide groups is 1. The highest BCUT2D eigenvalue weighted by Crippen LogP contribution is 2.40. The van der Waals surface area contributed by atoms with Crippen LogP contribution >= 0.6 is 0 Å². The Morgan fingerprint density at radius 2 is 1.86 bits per heavy atom. The topological polar surface area (TPSA) is 112 Å². The molecule has 9 heteroatoms. The van der Waals surface area contributed by atoms with Gasteiger partial charge in [0.05, 0.1) is 7.11 Å². The molecule has 0 fully saturated rings. The lowest BCUT2D eigenvalue weighted by Crippen LogP contribution is -2.50. The SMILES string of the molecule is COc1cc(/C=C/C(=O)O[C@H](C)C(=O)NC(=O)NC(C)(C)C)cc2c1OCCO2. The van der Waals surface area contributed by atoms with Crippen LogP contribution in [0.15, 0.2) is 18.2 Å². The molecule has 0 radical (unpaired) electrons. The molecule has 0 saturated carbocycles. The summed E-state index contributed by atoms with van der Waals surface area (Å²) in [4.78, 5) is 35.7. The van der Waals surface area contributed by atoms with Gasteiger partial charge in [-0.15, -0.1) is 0 Å². The fourth-order valence-electron chi connectivity index (χ4n) is 2.41. The molecule has 0 spiro atoms. The van der Waals surface area contributed by atoms with Gasteiger partial charge in [-0.2, -0.15) is 0 Å². The highest BCUT2D eigenvalue weighted by Gasteiger charge is 2.22. The van der Waals surface area contributed by atoms with Gasteiger partial charge in [0.25, 0.3) is 5.91 Å². The second-order valence-corrected chi connectivity index (χ2v) is 7.35. The zero-order chi connectivity index (χ0) is 21.6. The summed E-state index contributed by atoms with van der Waals surface area (Å²) in [6.45, 7) is 7.55. The van der Waals surface area contributed by atoms with Gasteiger partial charge in [0.2, 0.25) is 5.75 Å². The third kappa shape index (κ3) is 6.70. The van der Waals surface area contributed by atoms with Crippen LogP contribution in [0.25, 0.3) is 6.08 Å². The van der Waals surface area contributed by atoms with Crippen molar-refractivity contribution in [3.05, 3.63) is 23.8 Å². The summed E-state index contributed by atoms with van der Waals surface area (Å²) < 4.78 is 21.4. The first-order valence-corrected chi connectivity index (χ1v) is 9.08. The van der Waals surface area contributed by atoms with Crippen molar-refractivity contribution in [2.75, 3.05) is 20.3 Å². The molecule has 29 heavy (non-hydrogen) atoms. The van der Waals surface area contributed by atoms with Crippen molar-refractivity contribution in [2.45, 2.75) is 39.3 Å². The molecule has 1 aromatic carbocycles. The fourth-order valence-corrected chi connectivity index (χ4v) is 2.41. The number of nitrogens with one attached hydrogen (secondary N) is 2. The summed E-state index contributed by atoms with van der Waals surface area (Å²) in [5.41, 5.74) is 0.127. The molecule has 0 unspecified atom stereocenters. The van der Waals surface area contributed by atoms with E-state index in [9.17, 15) is 14.4 Å². The molecular formula is C20H26N2O7. The lowest BCUT2D eigenvalue weighted by molar-refractivity contribution is -0.149. The highest BCUT2D eigenvalue weighted by atomic mass is 16.6. The van der Waals surface area contributed by atoms with Crippen LogP contribution in [0.3, 0.4) is 0 Å². The molecule has 158 valence electrons. The molecule has 0 saturated heterocycles. The number of hydrogen-bond acceptors (Lipinski definition) is 7. The van der Waals surface area contributed by atoms with Gasteiger partial charge in [-0.3, -0.25) is 10.1 Å². The molecule has 1 aliphatic heterocycles. The van der Waals surface area contributed by atoms with Gasteiger partial charge in [0.1, 0.15) is 13.2 Å². The number of benzene rings is 1. The maximum absolute atomic E-state index is 12.0. The van der Waals surface area contributed by atoms with E-state index < -0.39 is 29.6 Å². The average Bonchev–Trinajstić information content (AvgIpc) is 2.63. The van der Waals surface area contributed by atoms with E-state index in [0.717, 1.165) is 0 Å². The Morgan fingerprint density at radius 3 is 2.52 bits per heavy atom. The molecule has 0 aromatic heterocycles. The number of methoxy groups -OCH3 is 1. The number of esters is 1. The van der Waals surface area contributed by atoms with Gasteiger partial charge in [0, 0.05) is 11.6 Å². The number of urea groups is 1. The van der Waals surface area contributed by atoms with Gasteiger partial charge in [0.15, 0.2) is 17.6 Å². The summed E-state index contributed by atoms with van der Waals surface area (Å²) in [5.74, 6) is 0.0404. The quantitative estimate of drug-likeness (QED) is 0.568. The van der Waals surface area contributed by atoms with E-state index >= 15 is 0 Å². The first-order chi connectivity index (χ1) is 13.6. The number of carbonyl (C=O) groups excluding carboxylic acids is 3. The normalized spacial score (nSPS) is 14.1. The molecule has 3 amide bonds. The third-order valence-electron chi connectivity index (χ3n) is 3.65. The second-order valence-electron chi connectivity index (χ2n) is 7.35. The summed E-state index contributed by atoms with van der Waals surface area (Å²) in [6.07, 6.45) is 1.52. The molecule has 1 atom stereocenters. The lowest BCUT2D eigenvalue weighted by Gasteiger charge is -2.21. The van der Waals surface area contributed by atoms with Crippen LogP contribution in [0.1, 0.15) is 33.3 Å². The van der Waals surface area contributed by atoms with Crippen molar-refractivity contribution >= 4 is 24.0 Å². The van der Waals surface area contributed by atoms with Gasteiger partial charge < -0.3 is 24.3 Å². The van der Waals surface area contributed by atoms with E-state index in [1.165, 1.54) is 26.2 Å². The predicted molar refractivity (Wildman–Crippen MR) is 105 cm³/mol. The smallest absolute Gasteiger partial charge is 0.331 e. The number of rotatable bonds is 5. The fraction of sp³-hybridized carbons (Fsp3) is 0.450. The second kappa shape index (κ2) is 9.31. The Balaban J connectivity index is 1.95. The number of carbonyl (C=O) groups is 3. The van der Waals surface area contributed by atoms with Gasteiger partial charge in [-0.05, 0) is 51.5 Å². The van der Waals surface area contributed by atoms with Crippen LogP contribution in [0.4, 0.5) is 4.79 Å². The summed E-state index contributed by atoms with van der Waals surface area (Å²) >= 11 is 0. The van der Waals surface area contributed by atoms with E-state index in [1.54, 1.807) is 32.9 Å². The zero-order valence-electron chi connectivity index (χ0n) is 17.2. The van der Waals surface area contributed by atoms with Crippen LogP contribution in [-0.2, 0) is 14.3 Å². The Hall–Kier alpha value is -3.23. The minimum atomic E-state index is -1.15. The maximum Gasteiger partial charge on any atom is 0.331 e. The number of ether oxygens (including phenoxy) is 4. The predicted octanol–water partition coefficient (Wildman–Crippen LogP) is 2.04. The van der Waals surface area contributed by atoms with Crippen molar-refractivity contribution in [3.63, 3.8) is 0 Å². The van der Waals surface area contributed by atoms with E-state index in [4.69, 9.17) is 18.9 Å². The van der Waals surface area contributed by atoms with E-state index in [-0.39, 0.29) is 0 Å². The molecule has 0 aliphatic carbocycles. The summed E-state index contributed by atoms with van der Waals surface area (Å²) in [7, 11) is 1.51. The van der Waals surface area contributed by atoms with E-state index in [0.29, 0.717) is 36.0 Å². The first kappa shape index (κ1) is 22.1. The van der Waals surface area contributed by atoms with Crippen molar-refractivity contribution in [3.8, 4) is 17.2 Å². The number of hydrogen-bond donors (Lipinski definition) is 2.